The van der Waals surface area contributed by atoms with E-state index in [2.05, 4.69) is 4.74 Å². The molecule has 0 aliphatic heterocycles. The Kier molecular flexibility index (Phi) is 5.81. The molecule has 1 heterocycles. The second-order valence-corrected chi connectivity index (χ2v) is 5.47. The third-order valence-corrected chi connectivity index (χ3v) is 3.48. The normalized spacial score (nSPS) is 13.6. The van der Waals surface area contributed by atoms with Gasteiger partial charge in [0, 0.05) is 10.7 Å². The van der Waals surface area contributed by atoms with Gasteiger partial charge in [-0.2, -0.15) is 13.2 Å². The molecule has 140 valence electrons. The van der Waals surface area contributed by atoms with E-state index in [1.54, 1.807) is 5.32 Å². The van der Waals surface area contributed by atoms with Crippen LogP contribution in [0.3, 0.4) is 0 Å². The van der Waals surface area contributed by atoms with Gasteiger partial charge in [0.1, 0.15) is 0 Å². The Labute approximate surface area is 151 Å². The van der Waals surface area contributed by atoms with Crippen molar-refractivity contribution in [2.45, 2.75) is 18.8 Å². The number of carbonyl (C=O) groups is 2. The van der Waals surface area contributed by atoms with Crippen molar-refractivity contribution >= 4 is 29.2 Å². The summed E-state index contributed by atoms with van der Waals surface area (Å²) in [6.45, 7) is 1.02. The summed E-state index contributed by atoms with van der Waals surface area (Å²) in [5, 5.41) is 3.93. The van der Waals surface area contributed by atoms with Gasteiger partial charge in [0.15, 0.2) is 5.76 Å². The fraction of sp³-hybridized carbons (Fsp3) is 0.250. The van der Waals surface area contributed by atoms with Crippen LogP contribution in [0.1, 0.15) is 17.5 Å². The van der Waals surface area contributed by atoms with Crippen molar-refractivity contribution in [3.8, 4) is 0 Å². The Balaban J connectivity index is 2.47. The van der Waals surface area contributed by atoms with Crippen LogP contribution in [-0.4, -0.2) is 30.3 Å². The van der Waals surface area contributed by atoms with Gasteiger partial charge in [-0.15, -0.1) is 0 Å². The molecule has 1 atom stereocenters. The molecule has 0 unspecified atom stereocenters. The molecule has 1 aromatic heterocycles. The summed E-state index contributed by atoms with van der Waals surface area (Å²) in [6.07, 6.45) is -4.12. The molecule has 2 rings (SSSR count). The fourth-order valence-electron chi connectivity index (χ4n) is 2.02. The van der Waals surface area contributed by atoms with Crippen molar-refractivity contribution in [2.24, 2.45) is 0 Å². The Bertz CT molecular complexity index is 763. The minimum atomic E-state index is -5.23. The highest BCUT2D eigenvalue weighted by molar-refractivity contribution is 6.30. The maximum atomic E-state index is 13.9. The molecule has 26 heavy (non-hydrogen) atoms. The number of carbonyl (C=O) groups excluding carboxylic acids is 2. The van der Waals surface area contributed by atoms with Crippen LogP contribution >= 0.6 is 11.6 Å². The van der Waals surface area contributed by atoms with Gasteiger partial charge in [-0.05, 0) is 43.3 Å². The van der Waals surface area contributed by atoms with Crippen molar-refractivity contribution in [1.29, 1.82) is 0 Å². The molecule has 2 N–H and O–H groups in total. The lowest BCUT2D eigenvalue weighted by Crippen LogP contribution is -2.69. The molecule has 1 amide bonds. The van der Waals surface area contributed by atoms with E-state index in [0.29, 0.717) is 0 Å². The van der Waals surface area contributed by atoms with Gasteiger partial charge < -0.3 is 19.8 Å². The largest absolute Gasteiger partial charge is 0.463 e. The first kappa shape index (κ1) is 19.6. The van der Waals surface area contributed by atoms with E-state index in [1.165, 1.54) is 37.3 Å². The highest BCUT2D eigenvalue weighted by Crippen LogP contribution is 2.33. The van der Waals surface area contributed by atoms with Crippen LogP contribution in [0.2, 0.25) is 5.02 Å². The van der Waals surface area contributed by atoms with E-state index in [4.69, 9.17) is 16.0 Å². The van der Waals surface area contributed by atoms with E-state index < -0.39 is 29.5 Å². The van der Waals surface area contributed by atoms with E-state index in [9.17, 15) is 22.8 Å². The van der Waals surface area contributed by atoms with Crippen LogP contribution in [0.4, 0.5) is 18.9 Å². The third kappa shape index (κ3) is 4.10. The summed E-state index contributed by atoms with van der Waals surface area (Å²) in [7, 11) is 0. The fourth-order valence-corrected chi connectivity index (χ4v) is 2.15. The minimum absolute atomic E-state index is 0.112. The first-order valence-electron chi connectivity index (χ1n) is 7.33. The third-order valence-electron chi connectivity index (χ3n) is 3.23. The Hall–Kier alpha value is -2.68. The average Bonchev–Trinajstić information content (AvgIpc) is 3.10. The summed E-state index contributed by atoms with van der Waals surface area (Å²) < 4.78 is 51.0. The number of amides is 1. The number of rotatable bonds is 6. The first-order chi connectivity index (χ1) is 12.2. The van der Waals surface area contributed by atoms with Crippen molar-refractivity contribution in [2.75, 3.05) is 11.9 Å². The lowest BCUT2D eigenvalue weighted by atomic mass is 10.1. The molecule has 0 fully saturated rings. The number of hydrogen-bond acceptors (Lipinski definition) is 5. The molecule has 6 nitrogen and oxygen atoms in total. The molecule has 0 aliphatic rings. The number of benzene rings is 1. The molecule has 1 aromatic carbocycles. The number of furan rings is 1. The zero-order chi connectivity index (χ0) is 19.4. The van der Waals surface area contributed by atoms with Gasteiger partial charge in [0.2, 0.25) is 0 Å². The van der Waals surface area contributed by atoms with Crippen LogP contribution in [0.25, 0.3) is 0 Å². The number of ether oxygens (including phenoxy) is 1. The molecule has 0 bridgehead atoms. The molecular weight excluding hydrogens is 377 g/mol. The topological polar surface area (TPSA) is 80.6 Å². The molecule has 0 spiro atoms. The Morgan fingerprint density at radius 3 is 2.35 bits per heavy atom. The monoisotopic (exact) mass is 390 g/mol. The molecular formula is C16H14ClF3N2O4. The summed E-state index contributed by atoms with van der Waals surface area (Å²) in [6, 6.07) is 7.57. The Morgan fingerprint density at radius 1 is 1.19 bits per heavy atom. The number of esters is 1. The molecule has 0 saturated carbocycles. The number of halogens is 4. The van der Waals surface area contributed by atoms with Crippen LogP contribution in [0.15, 0.2) is 47.1 Å². The average molecular weight is 391 g/mol. The number of anilines is 1. The van der Waals surface area contributed by atoms with E-state index >= 15 is 0 Å². The summed E-state index contributed by atoms with van der Waals surface area (Å²) in [5.74, 6) is -3.37. The summed E-state index contributed by atoms with van der Waals surface area (Å²) in [5.41, 5.74) is -3.64. The summed E-state index contributed by atoms with van der Waals surface area (Å²) >= 11 is 5.71. The van der Waals surface area contributed by atoms with Gasteiger partial charge in [-0.3, -0.25) is 4.79 Å². The molecule has 0 aliphatic carbocycles. The highest BCUT2D eigenvalue weighted by Gasteiger charge is 2.63. The highest BCUT2D eigenvalue weighted by atomic mass is 35.5. The van der Waals surface area contributed by atoms with E-state index in [1.807, 2.05) is 5.32 Å². The van der Waals surface area contributed by atoms with Crippen molar-refractivity contribution in [1.82, 2.24) is 5.32 Å². The van der Waals surface area contributed by atoms with Gasteiger partial charge in [0.05, 0.1) is 12.9 Å². The maximum Gasteiger partial charge on any atom is 0.441 e. The predicted molar refractivity (Wildman–Crippen MR) is 86.7 cm³/mol. The van der Waals surface area contributed by atoms with Crippen LogP contribution in [0, 0.1) is 0 Å². The van der Waals surface area contributed by atoms with Gasteiger partial charge in [0.25, 0.3) is 5.91 Å². The van der Waals surface area contributed by atoms with Gasteiger partial charge in [-0.1, -0.05) is 11.6 Å². The lowest BCUT2D eigenvalue weighted by molar-refractivity contribution is -0.204. The lowest BCUT2D eigenvalue weighted by Gasteiger charge is -2.35. The SMILES string of the molecule is CCOC(=O)[C@](NC(=O)c1ccco1)(Nc1ccc(Cl)cc1)C(F)(F)F. The molecule has 2 aromatic rings. The molecule has 0 saturated heterocycles. The maximum absolute atomic E-state index is 13.9. The number of hydrogen-bond donors (Lipinski definition) is 2. The van der Waals surface area contributed by atoms with Crippen LogP contribution in [-0.2, 0) is 9.53 Å². The standard InChI is InChI=1S/C16H14ClF3N2O4/c1-2-25-14(24)15(16(18,19)20,21-11-7-5-10(17)6-8-11)22-13(23)12-4-3-9-26-12/h3-9,21H,2H2,1H3,(H,22,23)/t15-/m1/s1. The van der Waals surface area contributed by atoms with Crippen molar-refractivity contribution in [3.63, 3.8) is 0 Å². The van der Waals surface area contributed by atoms with Gasteiger partial charge >= 0.3 is 17.8 Å². The minimum Gasteiger partial charge on any atom is -0.463 e. The van der Waals surface area contributed by atoms with Crippen molar-refractivity contribution in [3.05, 3.63) is 53.4 Å². The Morgan fingerprint density at radius 2 is 1.85 bits per heavy atom. The quantitative estimate of drug-likeness (QED) is 0.582. The second-order valence-electron chi connectivity index (χ2n) is 5.03. The zero-order valence-electron chi connectivity index (χ0n) is 13.4. The van der Waals surface area contributed by atoms with Crippen LogP contribution in [0.5, 0.6) is 0 Å². The first-order valence-corrected chi connectivity index (χ1v) is 7.71. The predicted octanol–water partition coefficient (Wildman–Crippen LogP) is 3.60. The number of alkyl halides is 3. The van der Waals surface area contributed by atoms with Crippen molar-refractivity contribution < 1.29 is 31.9 Å². The van der Waals surface area contributed by atoms with Gasteiger partial charge in [-0.25, -0.2) is 4.79 Å². The number of nitrogens with one attached hydrogen (secondary N) is 2. The molecule has 0 radical (unpaired) electrons. The molecule has 10 heteroatoms. The zero-order valence-corrected chi connectivity index (χ0v) is 14.1. The van der Waals surface area contributed by atoms with E-state index in [-0.39, 0.29) is 17.3 Å². The van der Waals surface area contributed by atoms with Crippen LogP contribution < -0.4 is 10.6 Å². The van der Waals surface area contributed by atoms with E-state index in [0.717, 1.165) is 12.3 Å². The smallest absolute Gasteiger partial charge is 0.441 e. The summed E-state index contributed by atoms with van der Waals surface area (Å²) in [4.78, 5) is 24.4. The second kappa shape index (κ2) is 7.69.